The van der Waals surface area contributed by atoms with Gasteiger partial charge in [-0.15, -0.1) is 0 Å². The highest BCUT2D eigenvalue weighted by Gasteiger charge is 2.24. The largest absolute Gasteiger partial charge is 0.294 e. The molecule has 0 saturated carbocycles. The Kier molecular flexibility index (Phi) is 4.80. The number of hydrogen-bond acceptors (Lipinski definition) is 1. The molecule has 84 valence electrons. The number of Topliss-reactive ketones (excluding diaryl/α,β-unsaturated/α-hetero) is 1. The van der Waals surface area contributed by atoms with Crippen molar-refractivity contribution in [2.24, 2.45) is 0 Å². The molecule has 0 amide bonds. The van der Waals surface area contributed by atoms with Crippen molar-refractivity contribution >= 4 is 5.78 Å². The zero-order valence-electron chi connectivity index (χ0n) is 10.1. The monoisotopic (exact) mass is 206 g/mol. The Balaban J connectivity index is 2.73. The van der Waals surface area contributed by atoms with Crippen molar-refractivity contribution in [3.05, 3.63) is 23.3 Å². The van der Waals surface area contributed by atoms with Crippen molar-refractivity contribution in [1.82, 2.24) is 0 Å². The lowest BCUT2D eigenvalue weighted by molar-refractivity contribution is -0.114. The molecule has 1 heteroatoms. The molecule has 0 N–H and O–H groups in total. The first-order valence-corrected chi connectivity index (χ1v) is 6.14. The Morgan fingerprint density at radius 3 is 2.13 bits per heavy atom. The number of ketones is 1. The second kappa shape index (κ2) is 5.89. The zero-order valence-corrected chi connectivity index (χ0v) is 10.1. The van der Waals surface area contributed by atoms with Crippen molar-refractivity contribution in [1.29, 1.82) is 0 Å². The van der Waals surface area contributed by atoms with Gasteiger partial charge in [-0.2, -0.15) is 0 Å². The van der Waals surface area contributed by atoms with Crippen molar-refractivity contribution in [3.8, 4) is 0 Å². The fourth-order valence-electron chi connectivity index (χ4n) is 2.11. The van der Waals surface area contributed by atoms with E-state index >= 15 is 0 Å². The Morgan fingerprint density at radius 1 is 1.07 bits per heavy atom. The third kappa shape index (κ3) is 3.05. The summed E-state index contributed by atoms with van der Waals surface area (Å²) in [5, 5.41) is 0. The molecule has 1 rings (SSSR count). The van der Waals surface area contributed by atoms with Crippen LogP contribution in [0.4, 0.5) is 0 Å². The number of allylic oxidation sites excluding steroid dienone is 3. The van der Waals surface area contributed by atoms with Crippen LogP contribution >= 0.6 is 0 Å². The lowest BCUT2D eigenvalue weighted by Crippen LogP contribution is -1.96. The highest BCUT2D eigenvalue weighted by molar-refractivity contribution is 6.02. The number of carbonyl (C=O) groups excluding carboxylic acids is 1. The average molecular weight is 206 g/mol. The second-order valence-corrected chi connectivity index (χ2v) is 4.37. The fraction of sp³-hybridized carbons (Fsp3) is 0.643. The molecule has 0 atom stereocenters. The van der Waals surface area contributed by atoms with E-state index in [-0.39, 0.29) is 0 Å². The first-order chi connectivity index (χ1) is 7.20. The highest BCUT2D eigenvalue weighted by Crippen LogP contribution is 2.33. The van der Waals surface area contributed by atoms with Gasteiger partial charge in [-0.25, -0.2) is 0 Å². The first kappa shape index (κ1) is 12.2. The smallest absolute Gasteiger partial charge is 0.163 e. The van der Waals surface area contributed by atoms with Crippen molar-refractivity contribution in [2.45, 2.75) is 58.8 Å². The molecule has 0 saturated heterocycles. The van der Waals surface area contributed by atoms with Crippen molar-refractivity contribution in [2.75, 3.05) is 0 Å². The molecule has 0 radical (unpaired) electrons. The lowest BCUT2D eigenvalue weighted by atomic mass is 9.99. The predicted octanol–water partition coefficient (Wildman–Crippen LogP) is 4.19. The van der Waals surface area contributed by atoms with E-state index in [4.69, 9.17) is 0 Å². The van der Waals surface area contributed by atoms with Crippen LogP contribution in [0.3, 0.4) is 0 Å². The number of rotatable bonds is 6. The summed E-state index contributed by atoms with van der Waals surface area (Å²) in [6.07, 6.45) is 7.25. The molecule has 0 spiro atoms. The minimum atomic E-state index is 0.333. The summed E-state index contributed by atoms with van der Waals surface area (Å²) in [6, 6.07) is 0. The molecule has 1 nitrogen and oxygen atoms in total. The van der Waals surface area contributed by atoms with Crippen LogP contribution in [0.25, 0.3) is 0 Å². The van der Waals surface area contributed by atoms with Crippen LogP contribution in [0.5, 0.6) is 0 Å². The maximum absolute atomic E-state index is 11.7. The standard InChI is InChI=1S/C14H22O/c1-4-6-8-12-11(3)10-14(15)13(12)9-7-5-2/h3-10H2,1-2H3. The molecule has 0 aliphatic heterocycles. The molecule has 0 bridgehead atoms. The van der Waals surface area contributed by atoms with Gasteiger partial charge in [0.2, 0.25) is 0 Å². The van der Waals surface area contributed by atoms with Gasteiger partial charge >= 0.3 is 0 Å². The predicted molar refractivity (Wildman–Crippen MR) is 64.8 cm³/mol. The zero-order chi connectivity index (χ0) is 11.3. The van der Waals surface area contributed by atoms with E-state index in [1.165, 1.54) is 18.4 Å². The first-order valence-electron chi connectivity index (χ1n) is 6.14. The molecule has 15 heavy (non-hydrogen) atoms. The summed E-state index contributed by atoms with van der Waals surface area (Å²) >= 11 is 0. The number of carbonyl (C=O) groups is 1. The number of hydrogen-bond donors (Lipinski definition) is 0. The minimum absolute atomic E-state index is 0.333. The third-order valence-corrected chi connectivity index (χ3v) is 3.06. The van der Waals surface area contributed by atoms with Gasteiger partial charge in [0.1, 0.15) is 0 Å². The van der Waals surface area contributed by atoms with E-state index in [1.807, 2.05) is 0 Å². The van der Waals surface area contributed by atoms with E-state index in [2.05, 4.69) is 20.4 Å². The maximum atomic E-state index is 11.7. The van der Waals surface area contributed by atoms with Gasteiger partial charge in [-0.1, -0.05) is 33.3 Å². The van der Waals surface area contributed by atoms with Gasteiger partial charge in [-0.05, 0) is 42.4 Å². The second-order valence-electron chi connectivity index (χ2n) is 4.37. The molecule has 0 unspecified atom stereocenters. The van der Waals surface area contributed by atoms with Gasteiger partial charge in [0.05, 0.1) is 0 Å². The van der Waals surface area contributed by atoms with Crippen LogP contribution in [0.1, 0.15) is 58.8 Å². The molecule has 0 aromatic carbocycles. The van der Waals surface area contributed by atoms with Crippen molar-refractivity contribution < 1.29 is 4.79 Å². The lowest BCUT2D eigenvalue weighted by Gasteiger charge is -2.06. The number of unbranched alkanes of at least 4 members (excludes halogenated alkanes) is 2. The average Bonchev–Trinajstić information content (AvgIpc) is 2.47. The Morgan fingerprint density at radius 2 is 1.60 bits per heavy atom. The topological polar surface area (TPSA) is 17.1 Å². The molecule has 1 aliphatic carbocycles. The summed E-state index contributed by atoms with van der Waals surface area (Å²) in [5.74, 6) is 0.333. The van der Waals surface area contributed by atoms with Crippen LogP contribution in [-0.2, 0) is 4.79 Å². The Bertz CT molecular complexity index is 256. The summed E-state index contributed by atoms with van der Waals surface area (Å²) in [7, 11) is 0. The van der Waals surface area contributed by atoms with Crippen LogP contribution in [0, 0.1) is 0 Å². The summed E-state index contributed by atoms with van der Waals surface area (Å²) in [6.45, 7) is 8.37. The SMILES string of the molecule is C=C1CC(=O)C(CCCC)=C1CCCC. The molecule has 0 aromatic rings. The van der Waals surface area contributed by atoms with Gasteiger partial charge in [0.25, 0.3) is 0 Å². The fourth-order valence-corrected chi connectivity index (χ4v) is 2.11. The maximum Gasteiger partial charge on any atom is 0.163 e. The van der Waals surface area contributed by atoms with E-state index < -0.39 is 0 Å². The molecule has 0 fully saturated rings. The van der Waals surface area contributed by atoms with E-state index in [1.54, 1.807) is 0 Å². The van der Waals surface area contributed by atoms with Gasteiger partial charge in [-0.3, -0.25) is 4.79 Å². The Labute approximate surface area is 93.3 Å². The van der Waals surface area contributed by atoms with Crippen LogP contribution < -0.4 is 0 Å². The van der Waals surface area contributed by atoms with E-state index in [0.717, 1.165) is 36.8 Å². The van der Waals surface area contributed by atoms with E-state index in [9.17, 15) is 4.79 Å². The Hall–Kier alpha value is -0.850. The third-order valence-electron chi connectivity index (χ3n) is 3.06. The molecule has 0 aromatic heterocycles. The summed E-state index contributed by atoms with van der Waals surface area (Å²) in [4.78, 5) is 11.7. The van der Waals surface area contributed by atoms with Gasteiger partial charge < -0.3 is 0 Å². The molecule has 1 aliphatic rings. The van der Waals surface area contributed by atoms with Crippen LogP contribution in [0.2, 0.25) is 0 Å². The summed E-state index contributed by atoms with van der Waals surface area (Å²) in [5.41, 5.74) is 3.46. The van der Waals surface area contributed by atoms with Crippen LogP contribution in [-0.4, -0.2) is 5.78 Å². The summed E-state index contributed by atoms with van der Waals surface area (Å²) < 4.78 is 0. The molecule has 0 heterocycles. The van der Waals surface area contributed by atoms with Gasteiger partial charge in [0.15, 0.2) is 5.78 Å². The molecular weight excluding hydrogens is 184 g/mol. The molecular formula is C14H22O. The van der Waals surface area contributed by atoms with Gasteiger partial charge in [0, 0.05) is 6.42 Å². The normalized spacial score (nSPS) is 16.7. The quantitative estimate of drug-likeness (QED) is 0.636. The highest BCUT2D eigenvalue weighted by atomic mass is 16.1. The van der Waals surface area contributed by atoms with Crippen LogP contribution in [0.15, 0.2) is 23.3 Å². The van der Waals surface area contributed by atoms with E-state index in [0.29, 0.717) is 12.2 Å². The minimum Gasteiger partial charge on any atom is -0.294 e. The van der Waals surface area contributed by atoms with Crippen molar-refractivity contribution in [3.63, 3.8) is 0 Å².